The Balaban J connectivity index is 1.89. The van der Waals surface area contributed by atoms with E-state index in [-0.39, 0.29) is 5.82 Å². The average molecular weight is 316 g/mol. The van der Waals surface area contributed by atoms with E-state index >= 15 is 0 Å². The summed E-state index contributed by atoms with van der Waals surface area (Å²) in [6.07, 6.45) is 2.11. The molecule has 0 saturated carbocycles. The van der Waals surface area contributed by atoms with Crippen molar-refractivity contribution in [1.29, 1.82) is 0 Å². The largest absolute Gasteiger partial charge is 0.378 e. The van der Waals surface area contributed by atoms with Gasteiger partial charge in [-0.1, -0.05) is 12.1 Å². The van der Waals surface area contributed by atoms with E-state index < -0.39 is 0 Å². The predicted octanol–water partition coefficient (Wildman–Crippen LogP) is 2.59. The SMILES string of the molecule is COCc1cc(NC2CCNCC2)nc(-c2cccc(F)c2)n1. The lowest BCUT2D eigenvalue weighted by Crippen LogP contribution is -2.35. The smallest absolute Gasteiger partial charge is 0.161 e. The number of nitrogens with one attached hydrogen (secondary N) is 2. The molecule has 2 heterocycles. The predicted molar refractivity (Wildman–Crippen MR) is 87.7 cm³/mol. The molecule has 1 aromatic heterocycles. The Morgan fingerprint density at radius 3 is 2.83 bits per heavy atom. The van der Waals surface area contributed by atoms with Crippen LogP contribution in [0.25, 0.3) is 11.4 Å². The van der Waals surface area contributed by atoms with Crippen LogP contribution in [-0.2, 0) is 11.3 Å². The summed E-state index contributed by atoms with van der Waals surface area (Å²) in [5, 5.41) is 6.81. The van der Waals surface area contributed by atoms with Crippen molar-refractivity contribution < 1.29 is 9.13 Å². The molecule has 1 aromatic carbocycles. The molecule has 5 nitrogen and oxygen atoms in total. The fourth-order valence-corrected chi connectivity index (χ4v) is 2.73. The van der Waals surface area contributed by atoms with Crippen LogP contribution in [0.1, 0.15) is 18.5 Å². The molecule has 1 aliphatic rings. The Labute approximate surface area is 135 Å². The summed E-state index contributed by atoms with van der Waals surface area (Å²) in [5.41, 5.74) is 1.44. The molecule has 3 rings (SSSR count). The Hall–Kier alpha value is -2.05. The van der Waals surface area contributed by atoms with Crippen LogP contribution in [0.4, 0.5) is 10.2 Å². The van der Waals surface area contributed by atoms with E-state index in [2.05, 4.69) is 20.6 Å². The first-order valence-corrected chi connectivity index (χ1v) is 7.84. The van der Waals surface area contributed by atoms with Crippen molar-refractivity contribution in [3.8, 4) is 11.4 Å². The third-order valence-corrected chi connectivity index (χ3v) is 3.85. The van der Waals surface area contributed by atoms with Crippen LogP contribution in [0.2, 0.25) is 0 Å². The second kappa shape index (κ2) is 7.48. The van der Waals surface area contributed by atoms with E-state index in [1.54, 1.807) is 13.2 Å². The maximum atomic E-state index is 13.5. The lowest BCUT2D eigenvalue weighted by atomic mass is 10.1. The van der Waals surface area contributed by atoms with Gasteiger partial charge >= 0.3 is 0 Å². The standard InChI is InChI=1S/C17H21FN4O/c1-23-11-15-10-16(20-14-5-7-19-8-6-14)22-17(21-15)12-3-2-4-13(18)9-12/h2-4,9-10,14,19H,5-8,11H2,1H3,(H,20,21,22). The van der Waals surface area contributed by atoms with Crippen LogP contribution < -0.4 is 10.6 Å². The number of ether oxygens (including phenoxy) is 1. The fourth-order valence-electron chi connectivity index (χ4n) is 2.73. The number of halogens is 1. The third-order valence-electron chi connectivity index (χ3n) is 3.85. The second-order valence-corrected chi connectivity index (χ2v) is 5.68. The first kappa shape index (κ1) is 15.8. The van der Waals surface area contributed by atoms with Crippen LogP contribution >= 0.6 is 0 Å². The van der Waals surface area contributed by atoms with E-state index in [4.69, 9.17) is 4.74 Å². The molecule has 1 saturated heterocycles. The molecule has 0 spiro atoms. The van der Waals surface area contributed by atoms with Gasteiger partial charge < -0.3 is 15.4 Å². The van der Waals surface area contributed by atoms with E-state index in [9.17, 15) is 4.39 Å². The van der Waals surface area contributed by atoms with Crippen molar-refractivity contribution in [2.24, 2.45) is 0 Å². The van der Waals surface area contributed by atoms with E-state index in [1.165, 1.54) is 12.1 Å². The minimum atomic E-state index is -0.295. The van der Waals surface area contributed by atoms with Gasteiger partial charge in [0.25, 0.3) is 0 Å². The zero-order valence-corrected chi connectivity index (χ0v) is 13.2. The summed E-state index contributed by atoms with van der Waals surface area (Å²) < 4.78 is 18.7. The normalized spacial score (nSPS) is 15.6. The zero-order valence-electron chi connectivity index (χ0n) is 13.2. The molecular weight excluding hydrogens is 295 g/mol. The van der Waals surface area contributed by atoms with Crippen molar-refractivity contribution in [1.82, 2.24) is 15.3 Å². The van der Waals surface area contributed by atoms with Gasteiger partial charge in [0.1, 0.15) is 11.6 Å². The number of piperidine rings is 1. The van der Waals surface area contributed by atoms with Crippen LogP contribution in [0.5, 0.6) is 0 Å². The highest BCUT2D eigenvalue weighted by molar-refractivity contribution is 5.57. The molecule has 0 atom stereocenters. The van der Waals surface area contributed by atoms with E-state index in [1.807, 2.05) is 12.1 Å². The summed E-state index contributed by atoms with van der Waals surface area (Å²) in [5.74, 6) is 0.977. The van der Waals surface area contributed by atoms with Crippen LogP contribution in [0.15, 0.2) is 30.3 Å². The molecule has 0 bridgehead atoms. The number of rotatable bonds is 5. The number of hydrogen-bond acceptors (Lipinski definition) is 5. The van der Waals surface area contributed by atoms with Crippen LogP contribution in [0.3, 0.4) is 0 Å². The molecule has 122 valence electrons. The Morgan fingerprint density at radius 2 is 2.09 bits per heavy atom. The highest BCUT2D eigenvalue weighted by atomic mass is 19.1. The fraction of sp³-hybridized carbons (Fsp3) is 0.412. The summed E-state index contributed by atoms with van der Waals surface area (Å²) in [7, 11) is 1.63. The molecule has 0 unspecified atom stereocenters. The van der Waals surface area contributed by atoms with Crippen molar-refractivity contribution >= 4 is 5.82 Å². The van der Waals surface area contributed by atoms with Gasteiger partial charge in [-0.25, -0.2) is 14.4 Å². The molecule has 0 amide bonds. The van der Waals surface area contributed by atoms with Gasteiger partial charge in [-0.05, 0) is 38.1 Å². The highest BCUT2D eigenvalue weighted by Gasteiger charge is 2.15. The van der Waals surface area contributed by atoms with Gasteiger partial charge in [-0.3, -0.25) is 0 Å². The first-order chi connectivity index (χ1) is 11.2. The highest BCUT2D eigenvalue weighted by Crippen LogP contribution is 2.20. The lowest BCUT2D eigenvalue weighted by molar-refractivity contribution is 0.181. The first-order valence-electron chi connectivity index (χ1n) is 7.84. The van der Waals surface area contributed by atoms with Crippen LogP contribution in [0, 0.1) is 5.82 Å². The van der Waals surface area contributed by atoms with Crippen molar-refractivity contribution in [3.05, 3.63) is 41.8 Å². The lowest BCUT2D eigenvalue weighted by Gasteiger charge is -2.24. The average Bonchev–Trinajstić information content (AvgIpc) is 2.56. The number of methoxy groups -OCH3 is 1. The third kappa shape index (κ3) is 4.24. The number of benzene rings is 1. The van der Waals surface area contributed by atoms with Gasteiger partial charge in [0.05, 0.1) is 12.3 Å². The van der Waals surface area contributed by atoms with E-state index in [0.29, 0.717) is 24.0 Å². The van der Waals surface area contributed by atoms with Gasteiger partial charge in [0.15, 0.2) is 5.82 Å². The van der Waals surface area contributed by atoms with Gasteiger partial charge in [0, 0.05) is 24.8 Å². The summed E-state index contributed by atoms with van der Waals surface area (Å²) >= 11 is 0. The quantitative estimate of drug-likeness (QED) is 0.888. The summed E-state index contributed by atoms with van der Waals surface area (Å²) in [4.78, 5) is 9.03. The molecule has 1 fully saturated rings. The van der Waals surface area contributed by atoms with Crippen molar-refractivity contribution in [3.63, 3.8) is 0 Å². The molecular formula is C17H21FN4O. The molecule has 23 heavy (non-hydrogen) atoms. The molecule has 0 radical (unpaired) electrons. The molecule has 2 N–H and O–H groups in total. The van der Waals surface area contributed by atoms with Gasteiger partial charge in [-0.15, -0.1) is 0 Å². The molecule has 0 aliphatic carbocycles. The summed E-state index contributed by atoms with van der Waals surface area (Å²) in [6.45, 7) is 2.40. The Morgan fingerprint density at radius 1 is 1.26 bits per heavy atom. The van der Waals surface area contributed by atoms with Gasteiger partial charge in [0.2, 0.25) is 0 Å². The maximum Gasteiger partial charge on any atom is 0.161 e. The Bertz CT molecular complexity index is 659. The molecule has 2 aromatic rings. The monoisotopic (exact) mass is 316 g/mol. The number of anilines is 1. The van der Waals surface area contributed by atoms with Crippen molar-refractivity contribution in [2.45, 2.75) is 25.5 Å². The van der Waals surface area contributed by atoms with E-state index in [0.717, 1.165) is 37.4 Å². The second-order valence-electron chi connectivity index (χ2n) is 5.68. The molecule has 1 aliphatic heterocycles. The number of nitrogens with zero attached hydrogens (tertiary/aromatic N) is 2. The minimum Gasteiger partial charge on any atom is -0.378 e. The number of aromatic nitrogens is 2. The zero-order chi connectivity index (χ0) is 16.1. The summed E-state index contributed by atoms with van der Waals surface area (Å²) in [6, 6.07) is 8.62. The van der Waals surface area contributed by atoms with Crippen LogP contribution in [-0.4, -0.2) is 36.2 Å². The topological polar surface area (TPSA) is 59.1 Å². The minimum absolute atomic E-state index is 0.295. The molecule has 6 heteroatoms. The van der Waals surface area contributed by atoms with Crippen molar-refractivity contribution in [2.75, 3.05) is 25.5 Å². The number of hydrogen-bond donors (Lipinski definition) is 2. The Kier molecular flexibility index (Phi) is 5.15. The van der Waals surface area contributed by atoms with Gasteiger partial charge in [-0.2, -0.15) is 0 Å². The maximum absolute atomic E-state index is 13.5.